The average molecular weight is 403 g/mol. The minimum atomic E-state index is -0.000868. The fourth-order valence-electron chi connectivity index (χ4n) is 3.76. The normalized spacial score (nSPS) is 18.1. The van der Waals surface area contributed by atoms with Gasteiger partial charge in [-0.15, -0.1) is 10.2 Å². The minimum Gasteiger partial charge on any atom is -0.454 e. The van der Waals surface area contributed by atoms with E-state index in [2.05, 4.69) is 10.2 Å². The highest BCUT2D eigenvalue weighted by atomic mass is 16.7. The molecule has 1 atom stereocenters. The van der Waals surface area contributed by atoms with Crippen molar-refractivity contribution in [3.8, 4) is 23.0 Å². The molecule has 7 nitrogen and oxygen atoms in total. The van der Waals surface area contributed by atoms with E-state index >= 15 is 0 Å². The van der Waals surface area contributed by atoms with Crippen molar-refractivity contribution >= 4 is 12.0 Å². The Hall–Kier alpha value is -3.61. The molecule has 0 aliphatic carbocycles. The number of rotatable bonds is 4. The molecule has 2 aromatic carbocycles. The number of fused-ring (bicyclic) bond motifs is 1. The average Bonchev–Trinajstić information content (AvgIpc) is 3.47. The smallest absolute Gasteiger partial charge is 0.247 e. The molecule has 30 heavy (non-hydrogen) atoms. The van der Waals surface area contributed by atoms with Gasteiger partial charge in [0.2, 0.25) is 24.5 Å². The van der Waals surface area contributed by atoms with Crippen LogP contribution in [0.1, 0.15) is 30.2 Å². The van der Waals surface area contributed by atoms with Crippen LogP contribution in [0.5, 0.6) is 11.5 Å². The van der Waals surface area contributed by atoms with Gasteiger partial charge in [0.05, 0.1) is 5.92 Å². The fraction of sp³-hybridized carbons (Fsp3) is 0.261. The summed E-state index contributed by atoms with van der Waals surface area (Å²) in [7, 11) is 0. The highest BCUT2D eigenvalue weighted by Crippen LogP contribution is 2.36. The van der Waals surface area contributed by atoms with Gasteiger partial charge in [-0.1, -0.05) is 30.3 Å². The highest BCUT2D eigenvalue weighted by Gasteiger charge is 2.28. The Morgan fingerprint density at radius 1 is 1.07 bits per heavy atom. The lowest BCUT2D eigenvalue weighted by Gasteiger charge is -2.30. The van der Waals surface area contributed by atoms with Gasteiger partial charge in [0.15, 0.2) is 11.5 Å². The molecule has 0 N–H and O–H groups in total. The van der Waals surface area contributed by atoms with Crippen molar-refractivity contribution in [3.63, 3.8) is 0 Å². The molecular weight excluding hydrogens is 382 g/mol. The number of aromatic nitrogens is 2. The standard InChI is InChI=1S/C23H21N3O4/c27-21(11-8-16-5-2-1-3-6-16)26-12-4-7-18(14-26)23-25-24-22(30-23)17-9-10-19-20(13-17)29-15-28-19/h1-3,5-6,8-11,13,18H,4,7,12,14-15H2/b11-8-/t18-/m0/s1. The number of likely N-dealkylation sites (tertiary alicyclic amines) is 1. The third kappa shape index (κ3) is 3.78. The van der Waals surface area contributed by atoms with Gasteiger partial charge in [0.25, 0.3) is 0 Å². The summed E-state index contributed by atoms with van der Waals surface area (Å²) >= 11 is 0. The first-order valence-corrected chi connectivity index (χ1v) is 10.0. The van der Waals surface area contributed by atoms with Crippen molar-refractivity contribution in [3.05, 3.63) is 66.1 Å². The van der Waals surface area contributed by atoms with E-state index < -0.39 is 0 Å². The van der Waals surface area contributed by atoms with E-state index in [0.717, 1.165) is 30.5 Å². The van der Waals surface area contributed by atoms with Crippen LogP contribution < -0.4 is 9.47 Å². The molecule has 3 aromatic rings. The van der Waals surface area contributed by atoms with Crippen molar-refractivity contribution in [2.75, 3.05) is 19.9 Å². The van der Waals surface area contributed by atoms with E-state index in [-0.39, 0.29) is 18.6 Å². The van der Waals surface area contributed by atoms with E-state index in [9.17, 15) is 4.79 Å². The summed E-state index contributed by atoms with van der Waals surface area (Å²) in [6.45, 7) is 1.52. The van der Waals surface area contributed by atoms with E-state index in [0.29, 0.717) is 29.8 Å². The van der Waals surface area contributed by atoms with Crippen LogP contribution in [0.3, 0.4) is 0 Å². The quantitative estimate of drug-likeness (QED) is 0.615. The number of amides is 1. The molecule has 2 aliphatic rings. The van der Waals surface area contributed by atoms with Gasteiger partial charge >= 0.3 is 0 Å². The summed E-state index contributed by atoms with van der Waals surface area (Å²) in [4.78, 5) is 14.5. The Morgan fingerprint density at radius 3 is 2.83 bits per heavy atom. The predicted octanol–water partition coefficient (Wildman–Crippen LogP) is 3.88. The summed E-state index contributed by atoms with van der Waals surface area (Å²) in [5.74, 6) is 2.42. The monoisotopic (exact) mass is 403 g/mol. The SMILES string of the molecule is O=C(/C=C\c1ccccc1)N1CCC[C@H](c2nnc(-c3ccc4c(c3)OCO4)o2)C1. The summed E-state index contributed by atoms with van der Waals surface area (Å²) in [5.41, 5.74) is 1.79. The molecule has 152 valence electrons. The molecule has 0 saturated carbocycles. The summed E-state index contributed by atoms with van der Waals surface area (Å²) in [6, 6.07) is 15.3. The molecule has 1 amide bonds. The van der Waals surface area contributed by atoms with Gasteiger partial charge < -0.3 is 18.8 Å². The van der Waals surface area contributed by atoms with Gasteiger partial charge in [-0.3, -0.25) is 4.79 Å². The number of ether oxygens (including phenoxy) is 2. The van der Waals surface area contributed by atoms with Gasteiger partial charge in [0.1, 0.15) is 0 Å². The highest BCUT2D eigenvalue weighted by molar-refractivity contribution is 5.91. The van der Waals surface area contributed by atoms with Crippen LogP contribution in [-0.4, -0.2) is 40.9 Å². The maximum Gasteiger partial charge on any atom is 0.247 e. The van der Waals surface area contributed by atoms with E-state index in [1.54, 1.807) is 6.08 Å². The second-order valence-corrected chi connectivity index (χ2v) is 7.38. The number of nitrogens with zero attached hydrogens (tertiary/aromatic N) is 3. The number of benzene rings is 2. The molecule has 0 radical (unpaired) electrons. The summed E-state index contributed by atoms with van der Waals surface area (Å²) < 4.78 is 16.7. The maximum absolute atomic E-state index is 12.6. The molecule has 0 spiro atoms. The maximum atomic E-state index is 12.6. The van der Waals surface area contributed by atoms with Gasteiger partial charge in [0, 0.05) is 24.7 Å². The summed E-state index contributed by atoms with van der Waals surface area (Å²) in [5, 5.41) is 8.45. The van der Waals surface area contributed by atoms with Crippen molar-refractivity contribution in [1.29, 1.82) is 0 Å². The number of carbonyl (C=O) groups is 1. The van der Waals surface area contributed by atoms with E-state index in [1.165, 1.54) is 0 Å². The molecule has 7 heteroatoms. The molecular formula is C23H21N3O4. The van der Waals surface area contributed by atoms with E-state index in [4.69, 9.17) is 13.9 Å². The van der Waals surface area contributed by atoms with Gasteiger partial charge in [-0.05, 0) is 42.7 Å². The number of piperidine rings is 1. The number of carbonyl (C=O) groups excluding carboxylic acids is 1. The zero-order chi connectivity index (χ0) is 20.3. The molecule has 3 heterocycles. The van der Waals surface area contributed by atoms with Crippen LogP contribution in [-0.2, 0) is 4.79 Å². The van der Waals surface area contributed by atoms with Crippen LogP contribution in [0.4, 0.5) is 0 Å². The zero-order valence-corrected chi connectivity index (χ0v) is 16.4. The zero-order valence-electron chi connectivity index (χ0n) is 16.4. The van der Waals surface area contributed by atoms with Gasteiger partial charge in [-0.2, -0.15) is 0 Å². The van der Waals surface area contributed by atoms with Crippen molar-refractivity contribution in [2.24, 2.45) is 0 Å². The Balaban J connectivity index is 1.27. The topological polar surface area (TPSA) is 77.7 Å². The fourth-order valence-corrected chi connectivity index (χ4v) is 3.76. The molecule has 0 bridgehead atoms. The predicted molar refractivity (Wildman–Crippen MR) is 110 cm³/mol. The van der Waals surface area contributed by atoms with Crippen LogP contribution in [0.15, 0.2) is 59.0 Å². The first kappa shape index (κ1) is 18.4. The third-order valence-electron chi connectivity index (χ3n) is 5.36. The minimum absolute atomic E-state index is 0.000868. The third-order valence-corrected chi connectivity index (χ3v) is 5.36. The number of hydrogen-bond acceptors (Lipinski definition) is 6. The Kier molecular flexibility index (Phi) is 4.93. The second-order valence-electron chi connectivity index (χ2n) is 7.38. The van der Waals surface area contributed by atoms with Crippen LogP contribution in [0.25, 0.3) is 17.5 Å². The van der Waals surface area contributed by atoms with Crippen LogP contribution in [0, 0.1) is 0 Å². The lowest BCUT2D eigenvalue weighted by molar-refractivity contribution is -0.127. The molecule has 1 aromatic heterocycles. The van der Waals surface area contributed by atoms with Crippen LogP contribution >= 0.6 is 0 Å². The van der Waals surface area contributed by atoms with Crippen LogP contribution in [0.2, 0.25) is 0 Å². The molecule has 2 aliphatic heterocycles. The van der Waals surface area contributed by atoms with Crippen molar-refractivity contribution < 1.29 is 18.7 Å². The first-order valence-electron chi connectivity index (χ1n) is 10.0. The first-order chi connectivity index (χ1) is 14.8. The molecule has 0 unspecified atom stereocenters. The summed E-state index contributed by atoms with van der Waals surface area (Å²) in [6.07, 6.45) is 5.28. The molecule has 1 saturated heterocycles. The second kappa shape index (κ2) is 8.02. The van der Waals surface area contributed by atoms with Crippen molar-refractivity contribution in [2.45, 2.75) is 18.8 Å². The lowest BCUT2D eigenvalue weighted by Crippen LogP contribution is -2.38. The van der Waals surface area contributed by atoms with E-state index in [1.807, 2.05) is 59.5 Å². The Morgan fingerprint density at radius 2 is 1.93 bits per heavy atom. The Bertz CT molecular complexity index is 1080. The molecule has 1 fully saturated rings. The van der Waals surface area contributed by atoms with Crippen molar-refractivity contribution in [1.82, 2.24) is 15.1 Å². The van der Waals surface area contributed by atoms with Gasteiger partial charge in [-0.25, -0.2) is 0 Å². The molecule has 5 rings (SSSR count). The lowest BCUT2D eigenvalue weighted by atomic mass is 9.98. The Labute approximate surface area is 173 Å². The number of hydrogen-bond donors (Lipinski definition) is 0. The largest absolute Gasteiger partial charge is 0.454 e.